The Bertz CT molecular complexity index is 716. The van der Waals surface area contributed by atoms with Crippen LogP contribution in [0.15, 0.2) is 53.6 Å². The number of ether oxygens (including phenoxy) is 1. The summed E-state index contributed by atoms with van der Waals surface area (Å²) in [5, 5.41) is 7.24. The summed E-state index contributed by atoms with van der Waals surface area (Å²) >= 11 is 5.11. The van der Waals surface area contributed by atoms with Gasteiger partial charge in [0.2, 0.25) is 0 Å². The van der Waals surface area contributed by atoms with Crippen LogP contribution in [0.2, 0.25) is 0 Å². The third-order valence-electron chi connectivity index (χ3n) is 3.40. The lowest BCUT2D eigenvalue weighted by Crippen LogP contribution is -2.25. The molecule has 0 aliphatic heterocycles. The number of methoxy groups -OCH3 is 1. The van der Waals surface area contributed by atoms with E-state index < -0.39 is 0 Å². The number of anilines is 1. The number of thiocarbonyl (C=S) groups is 1. The highest BCUT2D eigenvalue weighted by molar-refractivity contribution is 7.80. The topological polar surface area (TPSA) is 45.6 Å². The summed E-state index contributed by atoms with van der Waals surface area (Å²) in [6, 6.07) is 14.3. The Morgan fingerprint density at radius 1 is 1.17 bits per heavy atom. The first-order valence-electron chi connectivity index (χ1n) is 7.56. The minimum absolute atomic E-state index is 0.254. The van der Waals surface area contributed by atoms with Crippen LogP contribution >= 0.6 is 12.2 Å². The van der Waals surface area contributed by atoms with Gasteiger partial charge >= 0.3 is 0 Å². The summed E-state index contributed by atoms with van der Waals surface area (Å²) < 4.78 is 18.7. The van der Waals surface area contributed by atoms with Gasteiger partial charge in [-0.05, 0) is 61.8 Å². The van der Waals surface area contributed by atoms with Gasteiger partial charge in [-0.1, -0.05) is 24.3 Å². The minimum Gasteiger partial charge on any atom is -0.497 e. The van der Waals surface area contributed by atoms with E-state index in [4.69, 9.17) is 17.0 Å². The number of rotatable bonds is 6. The highest BCUT2D eigenvalue weighted by atomic mass is 32.1. The number of halogens is 1. The summed E-state index contributed by atoms with van der Waals surface area (Å²) in [4.78, 5) is 0. The van der Waals surface area contributed by atoms with Gasteiger partial charge in [0.05, 0.1) is 12.8 Å². The van der Waals surface area contributed by atoms with E-state index in [1.807, 2.05) is 31.2 Å². The van der Waals surface area contributed by atoms with Crippen LogP contribution in [0.1, 0.15) is 18.9 Å². The first kappa shape index (κ1) is 17.9. The molecule has 0 aliphatic rings. The van der Waals surface area contributed by atoms with E-state index in [0.29, 0.717) is 5.69 Å². The molecule has 0 radical (unpaired) electrons. The number of nitrogens with zero attached hydrogens (tertiary/aromatic N) is 1. The van der Waals surface area contributed by atoms with Crippen molar-refractivity contribution in [3.63, 3.8) is 0 Å². The predicted molar refractivity (Wildman–Crippen MR) is 100 cm³/mol. The lowest BCUT2D eigenvalue weighted by molar-refractivity contribution is 0.414. The fourth-order valence-electron chi connectivity index (χ4n) is 2.03. The first-order chi connectivity index (χ1) is 11.6. The van der Waals surface area contributed by atoms with Crippen LogP contribution in [-0.2, 0) is 6.42 Å². The maximum absolute atomic E-state index is 13.5. The summed E-state index contributed by atoms with van der Waals surface area (Å²) in [6.45, 7) is 1.92. The lowest BCUT2D eigenvalue weighted by atomic mass is 10.1. The molecule has 2 N–H and O–H groups in total. The van der Waals surface area contributed by atoms with Crippen LogP contribution < -0.4 is 15.5 Å². The van der Waals surface area contributed by atoms with E-state index in [1.165, 1.54) is 11.6 Å². The molecule has 0 unspecified atom stereocenters. The molecular weight excluding hydrogens is 325 g/mol. The molecule has 0 aliphatic carbocycles. The van der Waals surface area contributed by atoms with E-state index in [9.17, 15) is 4.39 Å². The molecule has 126 valence electrons. The fraction of sp³-hybridized carbons (Fsp3) is 0.222. The molecule has 0 heterocycles. The second kappa shape index (κ2) is 8.98. The van der Waals surface area contributed by atoms with E-state index in [0.717, 1.165) is 24.3 Å². The second-order valence-electron chi connectivity index (χ2n) is 5.24. The molecule has 2 aromatic carbocycles. The van der Waals surface area contributed by atoms with Crippen molar-refractivity contribution < 1.29 is 9.13 Å². The molecule has 24 heavy (non-hydrogen) atoms. The Balaban J connectivity index is 1.80. The number of nitrogens with one attached hydrogen (secondary N) is 2. The highest BCUT2D eigenvalue weighted by Crippen LogP contribution is 2.13. The van der Waals surface area contributed by atoms with Crippen molar-refractivity contribution in [3.05, 3.63) is 59.9 Å². The van der Waals surface area contributed by atoms with Crippen molar-refractivity contribution in [1.82, 2.24) is 5.43 Å². The molecule has 2 aromatic rings. The van der Waals surface area contributed by atoms with Crippen LogP contribution in [0.3, 0.4) is 0 Å². The number of hydrogen-bond acceptors (Lipinski definition) is 3. The molecule has 0 bridgehead atoms. The highest BCUT2D eigenvalue weighted by Gasteiger charge is 2.02. The molecule has 2 rings (SSSR count). The van der Waals surface area contributed by atoms with Crippen LogP contribution in [0.4, 0.5) is 10.1 Å². The molecule has 6 heteroatoms. The second-order valence-corrected chi connectivity index (χ2v) is 5.65. The van der Waals surface area contributed by atoms with Crippen molar-refractivity contribution in [2.75, 3.05) is 12.4 Å². The Morgan fingerprint density at radius 2 is 1.88 bits per heavy atom. The maximum atomic E-state index is 13.5. The number of hydrazone groups is 1. The van der Waals surface area contributed by atoms with Gasteiger partial charge in [-0.2, -0.15) is 5.10 Å². The minimum atomic E-state index is -0.359. The number of hydrogen-bond donors (Lipinski definition) is 2. The predicted octanol–water partition coefficient (Wildman–Crippen LogP) is 4.13. The van der Waals surface area contributed by atoms with Gasteiger partial charge < -0.3 is 10.1 Å². The molecule has 0 spiro atoms. The zero-order chi connectivity index (χ0) is 17.4. The summed E-state index contributed by atoms with van der Waals surface area (Å²) in [5.74, 6) is 0.484. The third kappa shape index (κ3) is 5.62. The van der Waals surface area contributed by atoms with E-state index in [-0.39, 0.29) is 10.9 Å². The SMILES string of the molecule is COc1ccc(CC/C(C)=N/NC(=S)Nc2ccccc2F)cc1. The smallest absolute Gasteiger partial charge is 0.191 e. The molecule has 0 saturated carbocycles. The van der Waals surface area contributed by atoms with E-state index in [1.54, 1.807) is 25.3 Å². The largest absolute Gasteiger partial charge is 0.497 e. The molecule has 0 fully saturated rings. The van der Waals surface area contributed by atoms with Gasteiger partial charge in [-0.15, -0.1) is 0 Å². The van der Waals surface area contributed by atoms with Crippen LogP contribution in [0, 0.1) is 5.82 Å². The van der Waals surface area contributed by atoms with Gasteiger partial charge in [-0.25, -0.2) is 4.39 Å². The van der Waals surface area contributed by atoms with Crippen LogP contribution in [0.5, 0.6) is 5.75 Å². The van der Waals surface area contributed by atoms with E-state index >= 15 is 0 Å². The van der Waals surface area contributed by atoms with Crippen molar-refractivity contribution >= 4 is 28.7 Å². The Morgan fingerprint density at radius 3 is 2.54 bits per heavy atom. The average molecular weight is 345 g/mol. The zero-order valence-corrected chi connectivity index (χ0v) is 14.5. The average Bonchev–Trinajstić information content (AvgIpc) is 2.60. The third-order valence-corrected chi connectivity index (χ3v) is 3.60. The molecule has 0 atom stereocenters. The molecular formula is C18H20FN3OS. The zero-order valence-electron chi connectivity index (χ0n) is 13.7. The lowest BCUT2D eigenvalue weighted by Gasteiger charge is -2.09. The van der Waals surface area contributed by atoms with Gasteiger partial charge in [0, 0.05) is 5.71 Å². The summed E-state index contributed by atoms with van der Waals surface area (Å²) in [7, 11) is 1.65. The maximum Gasteiger partial charge on any atom is 0.191 e. The number of aryl methyl sites for hydroxylation is 1. The van der Waals surface area contributed by atoms with Crippen molar-refractivity contribution in [2.24, 2.45) is 5.10 Å². The molecule has 0 aromatic heterocycles. The molecule has 0 amide bonds. The summed E-state index contributed by atoms with van der Waals surface area (Å²) in [6.07, 6.45) is 1.66. The Labute approximate surface area is 146 Å². The first-order valence-corrected chi connectivity index (χ1v) is 7.97. The van der Waals surface area contributed by atoms with E-state index in [2.05, 4.69) is 15.8 Å². The quantitative estimate of drug-likeness (QED) is 0.469. The number of benzene rings is 2. The van der Waals surface area contributed by atoms with Gasteiger partial charge in [-0.3, -0.25) is 5.43 Å². The normalized spacial score (nSPS) is 11.0. The monoisotopic (exact) mass is 345 g/mol. The van der Waals surface area contributed by atoms with Gasteiger partial charge in [0.25, 0.3) is 0 Å². The molecule has 4 nitrogen and oxygen atoms in total. The van der Waals surface area contributed by atoms with Crippen LogP contribution in [-0.4, -0.2) is 17.9 Å². The van der Waals surface area contributed by atoms with Crippen molar-refractivity contribution in [2.45, 2.75) is 19.8 Å². The Kier molecular flexibility index (Phi) is 6.69. The van der Waals surface area contributed by atoms with Crippen molar-refractivity contribution in [3.8, 4) is 5.75 Å². The van der Waals surface area contributed by atoms with Gasteiger partial charge in [0.15, 0.2) is 5.11 Å². The molecule has 0 saturated heterocycles. The van der Waals surface area contributed by atoms with Crippen LogP contribution in [0.25, 0.3) is 0 Å². The van der Waals surface area contributed by atoms with Crippen molar-refractivity contribution in [1.29, 1.82) is 0 Å². The Hall–Kier alpha value is -2.47. The fourth-order valence-corrected chi connectivity index (χ4v) is 2.19. The summed E-state index contributed by atoms with van der Waals surface area (Å²) in [5.41, 5.74) is 5.17. The standard InChI is InChI=1S/C18H20FN3OS/c1-13(7-8-14-9-11-15(23-2)12-10-14)21-22-18(24)20-17-6-4-3-5-16(17)19/h3-6,9-12H,7-8H2,1-2H3,(H2,20,22,24)/b21-13+. The number of para-hydroxylation sites is 1. The van der Waals surface area contributed by atoms with Gasteiger partial charge in [0.1, 0.15) is 11.6 Å².